The Balaban J connectivity index is 2.15. The summed E-state index contributed by atoms with van der Waals surface area (Å²) in [6, 6.07) is 3.69. The fraction of sp³-hybridized carbons (Fsp3) is 0.538. The van der Waals surface area contributed by atoms with E-state index in [9.17, 15) is 0 Å². The van der Waals surface area contributed by atoms with Crippen LogP contribution in [0.5, 0.6) is 0 Å². The number of imidazole rings is 1. The monoisotopic (exact) mass is 247 g/mol. The average Bonchev–Trinajstić information content (AvgIpc) is 2.68. The molecule has 18 heavy (non-hydrogen) atoms. The van der Waals surface area contributed by atoms with E-state index in [-0.39, 0.29) is 0 Å². The molecule has 0 aliphatic carbocycles. The number of H-pyrrole nitrogens is 1. The van der Waals surface area contributed by atoms with Crippen LogP contribution in [0.1, 0.15) is 26.1 Å². The third-order valence-corrected chi connectivity index (χ3v) is 3.04. The van der Waals surface area contributed by atoms with Gasteiger partial charge in [0.25, 0.3) is 0 Å². The van der Waals surface area contributed by atoms with Gasteiger partial charge in [0.2, 0.25) is 0 Å². The van der Waals surface area contributed by atoms with Gasteiger partial charge in [0, 0.05) is 6.42 Å². The normalized spacial score (nSPS) is 13.3. The molecule has 1 atom stereocenters. The molecule has 0 aromatic carbocycles. The van der Waals surface area contributed by atoms with Crippen LogP contribution in [0.25, 0.3) is 11.2 Å². The highest BCUT2D eigenvalue weighted by Gasteiger charge is 2.13. The number of nitrogens with two attached hydrogens (primary N) is 2. The molecule has 98 valence electrons. The number of hydrogen-bond donors (Lipinski definition) is 3. The molecule has 0 aliphatic rings. The molecule has 0 saturated heterocycles. The maximum absolute atomic E-state index is 5.81. The molecule has 0 aliphatic heterocycles. The second-order valence-corrected chi connectivity index (χ2v) is 5.23. The van der Waals surface area contributed by atoms with Crippen molar-refractivity contribution in [1.82, 2.24) is 15.0 Å². The van der Waals surface area contributed by atoms with E-state index in [4.69, 9.17) is 11.5 Å². The predicted octanol–water partition coefficient (Wildman–Crippen LogP) is 1.70. The fourth-order valence-electron chi connectivity index (χ4n) is 2.26. The van der Waals surface area contributed by atoms with Gasteiger partial charge in [-0.2, -0.15) is 0 Å². The Labute approximate surface area is 107 Å². The Bertz CT molecular complexity index is 517. The number of anilines is 1. The van der Waals surface area contributed by atoms with Gasteiger partial charge in [-0.25, -0.2) is 9.97 Å². The smallest absolute Gasteiger partial charge is 0.179 e. The highest BCUT2D eigenvalue weighted by molar-refractivity contribution is 5.72. The zero-order valence-electron chi connectivity index (χ0n) is 11.0. The molecule has 2 rings (SSSR count). The number of nitrogens with zero attached hydrogens (tertiary/aromatic N) is 2. The summed E-state index contributed by atoms with van der Waals surface area (Å²) in [5, 5.41) is 0. The first-order valence-electron chi connectivity index (χ1n) is 6.39. The second-order valence-electron chi connectivity index (χ2n) is 5.23. The molecule has 0 amide bonds. The van der Waals surface area contributed by atoms with Crippen LogP contribution in [0.2, 0.25) is 0 Å². The Morgan fingerprint density at radius 1 is 1.28 bits per heavy atom. The van der Waals surface area contributed by atoms with Crippen molar-refractivity contribution < 1.29 is 0 Å². The summed E-state index contributed by atoms with van der Waals surface area (Å²) < 4.78 is 0. The van der Waals surface area contributed by atoms with Crippen molar-refractivity contribution >= 4 is 17.0 Å². The average molecular weight is 247 g/mol. The van der Waals surface area contributed by atoms with E-state index in [1.165, 1.54) is 0 Å². The van der Waals surface area contributed by atoms with Crippen LogP contribution in [0.3, 0.4) is 0 Å². The van der Waals surface area contributed by atoms with Crippen LogP contribution in [0.4, 0.5) is 5.82 Å². The van der Waals surface area contributed by atoms with Gasteiger partial charge in [-0.05, 0) is 36.9 Å². The van der Waals surface area contributed by atoms with Crippen molar-refractivity contribution in [3.05, 3.63) is 18.0 Å². The van der Waals surface area contributed by atoms with E-state index >= 15 is 0 Å². The SMILES string of the molecule is CC(C)CC(CN)Cc1nc2nc(N)ccc2[nH]1. The molecule has 0 bridgehead atoms. The molecule has 2 heterocycles. The van der Waals surface area contributed by atoms with Crippen LogP contribution in [0, 0.1) is 11.8 Å². The summed E-state index contributed by atoms with van der Waals surface area (Å²) in [6.07, 6.45) is 1.98. The van der Waals surface area contributed by atoms with E-state index < -0.39 is 0 Å². The van der Waals surface area contributed by atoms with Crippen molar-refractivity contribution in [3.8, 4) is 0 Å². The van der Waals surface area contributed by atoms with Crippen LogP contribution < -0.4 is 11.5 Å². The first kappa shape index (κ1) is 12.8. The van der Waals surface area contributed by atoms with E-state index in [1.54, 1.807) is 6.07 Å². The summed E-state index contributed by atoms with van der Waals surface area (Å²) in [5.41, 5.74) is 13.1. The second kappa shape index (κ2) is 5.35. The zero-order chi connectivity index (χ0) is 13.1. The molecule has 0 fully saturated rings. The van der Waals surface area contributed by atoms with Crippen LogP contribution in [-0.2, 0) is 6.42 Å². The van der Waals surface area contributed by atoms with Crippen molar-refractivity contribution in [2.24, 2.45) is 17.6 Å². The van der Waals surface area contributed by atoms with Crippen LogP contribution in [-0.4, -0.2) is 21.5 Å². The molecule has 0 radical (unpaired) electrons. The molecular weight excluding hydrogens is 226 g/mol. The maximum Gasteiger partial charge on any atom is 0.179 e. The quantitative estimate of drug-likeness (QED) is 0.749. The molecule has 1 unspecified atom stereocenters. The fourth-order valence-corrected chi connectivity index (χ4v) is 2.26. The number of pyridine rings is 1. The summed E-state index contributed by atoms with van der Waals surface area (Å²) in [6.45, 7) is 5.11. The van der Waals surface area contributed by atoms with Gasteiger partial charge < -0.3 is 16.5 Å². The number of hydrogen-bond acceptors (Lipinski definition) is 4. The zero-order valence-corrected chi connectivity index (χ0v) is 11.0. The summed E-state index contributed by atoms with van der Waals surface area (Å²) >= 11 is 0. The van der Waals surface area contributed by atoms with Gasteiger partial charge >= 0.3 is 0 Å². The summed E-state index contributed by atoms with van der Waals surface area (Å²) in [5.74, 6) is 2.55. The molecule has 2 aromatic heterocycles. The maximum atomic E-state index is 5.81. The lowest BCUT2D eigenvalue weighted by Crippen LogP contribution is -2.19. The minimum Gasteiger partial charge on any atom is -0.384 e. The van der Waals surface area contributed by atoms with E-state index in [0.717, 1.165) is 24.2 Å². The first-order chi connectivity index (χ1) is 8.58. The van der Waals surface area contributed by atoms with E-state index in [1.807, 2.05) is 6.07 Å². The minimum absolute atomic E-state index is 0.461. The van der Waals surface area contributed by atoms with Crippen molar-refractivity contribution in [3.63, 3.8) is 0 Å². The number of fused-ring (bicyclic) bond motifs is 1. The molecule has 5 nitrogen and oxygen atoms in total. The molecule has 5 heteroatoms. The topological polar surface area (TPSA) is 93.6 Å². The standard InChI is InChI=1S/C13H21N5/c1-8(2)5-9(7-14)6-12-16-10-3-4-11(15)17-13(10)18-12/h3-4,8-9H,5-7,14H2,1-2H3,(H3,15,16,17,18). The number of nitrogens with one attached hydrogen (secondary N) is 1. The molecule has 2 aromatic rings. The third-order valence-electron chi connectivity index (χ3n) is 3.04. The lowest BCUT2D eigenvalue weighted by molar-refractivity contribution is 0.410. The Morgan fingerprint density at radius 3 is 2.72 bits per heavy atom. The van der Waals surface area contributed by atoms with Gasteiger partial charge in [-0.15, -0.1) is 0 Å². The van der Waals surface area contributed by atoms with Crippen molar-refractivity contribution in [2.75, 3.05) is 12.3 Å². The van der Waals surface area contributed by atoms with Gasteiger partial charge in [0.05, 0.1) is 5.52 Å². The van der Waals surface area contributed by atoms with Crippen LogP contribution in [0.15, 0.2) is 12.1 Å². The molecule has 5 N–H and O–H groups in total. The Hall–Kier alpha value is -1.62. The van der Waals surface area contributed by atoms with Gasteiger partial charge in [0.15, 0.2) is 5.65 Å². The van der Waals surface area contributed by atoms with Crippen LogP contribution >= 0.6 is 0 Å². The van der Waals surface area contributed by atoms with Gasteiger partial charge in [-0.3, -0.25) is 0 Å². The Kier molecular flexibility index (Phi) is 3.81. The van der Waals surface area contributed by atoms with Gasteiger partial charge in [0.1, 0.15) is 11.6 Å². The highest BCUT2D eigenvalue weighted by atomic mass is 15.0. The minimum atomic E-state index is 0.461. The Morgan fingerprint density at radius 2 is 2.06 bits per heavy atom. The predicted molar refractivity (Wildman–Crippen MR) is 74.0 cm³/mol. The highest BCUT2D eigenvalue weighted by Crippen LogP contribution is 2.17. The third kappa shape index (κ3) is 2.98. The number of aromatic amines is 1. The number of nitrogen functional groups attached to an aromatic ring is 1. The number of aromatic nitrogens is 3. The molecule has 0 saturated carbocycles. The van der Waals surface area contributed by atoms with Gasteiger partial charge in [-0.1, -0.05) is 13.8 Å². The molecular formula is C13H21N5. The lowest BCUT2D eigenvalue weighted by atomic mass is 9.94. The molecule has 0 spiro atoms. The van der Waals surface area contributed by atoms with Crippen molar-refractivity contribution in [1.29, 1.82) is 0 Å². The number of rotatable bonds is 5. The first-order valence-corrected chi connectivity index (χ1v) is 6.39. The largest absolute Gasteiger partial charge is 0.384 e. The summed E-state index contributed by atoms with van der Waals surface area (Å²) in [4.78, 5) is 11.9. The lowest BCUT2D eigenvalue weighted by Gasteiger charge is -2.15. The summed E-state index contributed by atoms with van der Waals surface area (Å²) in [7, 11) is 0. The van der Waals surface area contributed by atoms with E-state index in [0.29, 0.717) is 29.8 Å². The van der Waals surface area contributed by atoms with E-state index in [2.05, 4.69) is 28.8 Å². The van der Waals surface area contributed by atoms with Crippen molar-refractivity contribution in [2.45, 2.75) is 26.7 Å².